The van der Waals surface area contributed by atoms with E-state index in [-0.39, 0.29) is 14.2 Å². The van der Waals surface area contributed by atoms with Gasteiger partial charge in [0.2, 0.25) is 0 Å². The van der Waals surface area contributed by atoms with E-state index in [1.807, 2.05) is 0 Å². The van der Waals surface area contributed by atoms with Gasteiger partial charge in [0, 0.05) is 27.1 Å². The molecule has 2 N–H and O–H groups in total. The summed E-state index contributed by atoms with van der Waals surface area (Å²) in [5.74, 6) is -0.327. The highest BCUT2D eigenvalue weighted by atomic mass is 19.1. The van der Waals surface area contributed by atoms with Gasteiger partial charge in [-0.15, -0.1) is 0 Å². The summed E-state index contributed by atoms with van der Waals surface area (Å²) in [6, 6.07) is 2.89. The van der Waals surface area contributed by atoms with Crippen LogP contribution in [0.4, 0.5) is 4.39 Å². The van der Waals surface area contributed by atoms with Crippen molar-refractivity contribution in [1.82, 2.24) is 15.3 Å². The van der Waals surface area contributed by atoms with E-state index in [0.29, 0.717) is 18.0 Å². The van der Waals surface area contributed by atoms with Crippen molar-refractivity contribution in [2.45, 2.75) is 39.2 Å². The minimum Gasteiger partial charge on any atom is -0.309 e. The molecule has 25 heavy (non-hydrogen) atoms. The van der Waals surface area contributed by atoms with E-state index in [2.05, 4.69) is 30.8 Å². The Morgan fingerprint density at radius 1 is 1.44 bits per heavy atom. The summed E-state index contributed by atoms with van der Waals surface area (Å²) < 4.78 is 14.3. The minimum absolute atomic E-state index is 0. The normalized spacial score (nSPS) is 15.9. The third-order valence-electron chi connectivity index (χ3n) is 4.97. The molecule has 0 aliphatic carbocycles. The van der Waals surface area contributed by atoms with Crippen molar-refractivity contribution >= 4 is 5.91 Å². The quantitative estimate of drug-likeness (QED) is 0.556. The first-order chi connectivity index (χ1) is 11.9. The molecule has 1 aliphatic rings. The van der Waals surface area contributed by atoms with Gasteiger partial charge >= 0.3 is 0 Å². The summed E-state index contributed by atoms with van der Waals surface area (Å²) in [6.07, 6.45) is 4.25. The summed E-state index contributed by atoms with van der Waals surface area (Å²) in [4.78, 5) is 16.0. The summed E-state index contributed by atoms with van der Waals surface area (Å²) in [6.45, 7) is 5.86. The molecule has 1 atom stereocenters. The number of halogens is 1. The first-order valence-corrected chi connectivity index (χ1v) is 9.03. The van der Waals surface area contributed by atoms with Crippen molar-refractivity contribution in [2.75, 3.05) is 33.7 Å². The number of amides is 1. The maximum Gasteiger partial charge on any atom is 0.274 e. The Morgan fingerprint density at radius 2 is 2.20 bits per heavy atom. The molecule has 144 valence electrons. The second kappa shape index (κ2) is 9.27. The van der Waals surface area contributed by atoms with Crippen LogP contribution in [0, 0.1) is 11.7 Å². The highest BCUT2D eigenvalue weighted by molar-refractivity contribution is 5.93. The van der Waals surface area contributed by atoms with Crippen LogP contribution in [0.3, 0.4) is 0 Å². The van der Waals surface area contributed by atoms with Crippen molar-refractivity contribution in [3.05, 3.63) is 34.6 Å². The molecule has 1 heterocycles. The van der Waals surface area contributed by atoms with Crippen molar-refractivity contribution < 1.29 is 17.2 Å². The van der Waals surface area contributed by atoms with Crippen LogP contribution >= 0.6 is 0 Å². The standard InChI is InChI=1S/C19H30FN3O2.2H2/c1-14(6-9-22(2)3)5-4-8-23-10-7-15-11-16(19(24)21-25)12-18(20)17(15)13-23;;/h11-12,14,25H,4-10,13H2,1-3H3,(H,21,24);2*1H/t14-;;/m1../s1. The Morgan fingerprint density at radius 3 is 2.88 bits per heavy atom. The van der Waals surface area contributed by atoms with E-state index in [9.17, 15) is 9.18 Å². The first kappa shape index (κ1) is 19.8. The largest absolute Gasteiger partial charge is 0.309 e. The van der Waals surface area contributed by atoms with Gasteiger partial charge in [-0.1, -0.05) is 6.92 Å². The fourth-order valence-electron chi connectivity index (χ4n) is 3.35. The maximum atomic E-state index is 14.3. The number of nitrogens with zero attached hydrogens (tertiary/aromatic N) is 2. The lowest BCUT2D eigenvalue weighted by Gasteiger charge is -2.29. The second-order valence-electron chi connectivity index (χ2n) is 7.40. The van der Waals surface area contributed by atoms with Crippen molar-refractivity contribution in [2.24, 2.45) is 5.92 Å². The van der Waals surface area contributed by atoms with E-state index in [4.69, 9.17) is 5.21 Å². The van der Waals surface area contributed by atoms with Gasteiger partial charge in [-0.25, -0.2) is 9.87 Å². The number of hydrogen-bond acceptors (Lipinski definition) is 4. The molecule has 0 spiro atoms. The maximum absolute atomic E-state index is 14.3. The Bertz CT molecular complexity index is 603. The predicted molar refractivity (Wildman–Crippen MR) is 100 cm³/mol. The van der Waals surface area contributed by atoms with Crippen LogP contribution in [0.2, 0.25) is 0 Å². The Balaban J connectivity index is 0.00000338. The Labute approximate surface area is 152 Å². The number of carbonyl (C=O) groups is 1. The van der Waals surface area contributed by atoms with Crippen LogP contribution in [-0.4, -0.2) is 54.6 Å². The highest BCUT2D eigenvalue weighted by Gasteiger charge is 2.21. The van der Waals surface area contributed by atoms with Gasteiger partial charge in [-0.2, -0.15) is 0 Å². The van der Waals surface area contributed by atoms with Crippen LogP contribution in [0.5, 0.6) is 0 Å². The van der Waals surface area contributed by atoms with Crippen LogP contribution in [0.25, 0.3) is 0 Å². The number of hydroxylamine groups is 1. The van der Waals surface area contributed by atoms with Crippen LogP contribution in [-0.2, 0) is 13.0 Å². The van der Waals surface area contributed by atoms with Crippen LogP contribution in [0.1, 0.15) is 50.5 Å². The summed E-state index contributed by atoms with van der Waals surface area (Å²) >= 11 is 0. The molecule has 0 unspecified atom stereocenters. The molecule has 0 saturated carbocycles. The summed E-state index contributed by atoms with van der Waals surface area (Å²) in [5, 5.41) is 8.70. The lowest BCUT2D eigenvalue weighted by Crippen LogP contribution is -2.32. The summed E-state index contributed by atoms with van der Waals surface area (Å²) in [7, 11) is 4.20. The molecule has 1 aromatic rings. The average molecular weight is 355 g/mol. The smallest absolute Gasteiger partial charge is 0.274 e. The van der Waals surface area contributed by atoms with Crippen molar-refractivity contribution in [3.63, 3.8) is 0 Å². The van der Waals surface area contributed by atoms with Gasteiger partial charge in [0.15, 0.2) is 0 Å². The lowest BCUT2D eigenvalue weighted by molar-refractivity contribution is 0.0705. The van der Waals surface area contributed by atoms with E-state index >= 15 is 0 Å². The molecule has 5 nitrogen and oxygen atoms in total. The van der Waals surface area contributed by atoms with Gasteiger partial charge in [0.25, 0.3) is 5.91 Å². The molecule has 0 bridgehead atoms. The topological polar surface area (TPSA) is 55.8 Å². The molecule has 0 aromatic heterocycles. The zero-order chi connectivity index (χ0) is 18.4. The fraction of sp³-hybridized carbons (Fsp3) is 0.632. The Hall–Kier alpha value is -1.50. The zero-order valence-electron chi connectivity index (χ0n) is 15.5. The van der Waals surface area contributed by atoms with E-state index < -0.39 is 5.91 Å². The number of rotatable bonds is 8. The Kier molecular flexibility index (Phi) is 7.35. The average Bonchev–Trinajstić information content (AvgIpc) is 2.59. The highest BCUT2D eigenvalue weighted by Crippen LogP contribution is 2.24. The molecule has 6 heteroatoms. The number of hydrogen-bond donors (Lipinski definition) is 2. The second-order valence-corrected chi connectivity index (χ2v) is 7.40. The molecular formula is C19H34FN3O2. The molecule has 1 aromatic carbocycles. The van der Waals surface area contributed by atoms with Crippen LogP contribution < -0.4 is 5.48 Å². The van der Waals surface area contributed by atoms with Gasteiger partial charge < -0.3 is 4.90 Å². The van der Waals surface area contributed by atoms with E-state index in [0.717, 1.165) is 38.0 Å². The molecule has 1 aliphatic heterocycles. The van der Waals surface area contributed by atoms with Gasteiger partial charge in [0.05, 0.1) is 0 Å². The summed E-state index contributed by atoms with van der Waals surface area (Å²) in [5.41, 5.74) is 3.28. The van der Waals surface area contributed by atoms with Gasteiger partial charge in [0.1, 0.15) is 5.82 Å². The molecule has 0 radical (unpaired) electrons. The fourth-order valence-corrected chi connectivity index (χ4v) is 3.35. The number of nitrogens with one attached hydrogen (secondary N) is 1. The third-order valence-corrected chi connectivity index (χ3v) is 4.97. The minimum atomic E-state index is -0.671. The number of benzene rings is 1. The molecule has 1 amide bonds. The van der Waals surface area contributed by atoms with Gasteiger partial charge in [-0.05, 0) is 76.5 Å². The SMILES string of the molecule is C[C@H](CCCN1CCc2cc(C(=O)NO)cc(F)c2C1)CCN(C)C.[HH].[HH]. The molecular weight excluding hydrogens is 321 g/mol. The molecule has 0 saturated heterocycles. The number of carbonyl (C=O) groups excluding carboxylic acids is 1. The molecule has 2 rings (SSSR count). The lowest BCUT2D eigenvalue weighted by atomic mass is 9.95. The van der Waals surface area contributed by atoms with E-state index in [1.165, 1.54) is 18.9 Å². The number of fused-ring (bicyclic) bond motifs is 1. The predicted octanol–water partition coefficient (Wildman–Crippen LogP) is 3.16. The van der Waals surface area contributed by atoms with Gasteiger partial charge in [-0.3, -0.25) is 14.9 Å². The van der Waals surface area contributed by atoms with E-state index in [1.54, 1.807) is 11.5 Å². The van der Waals surface area contributed by atoms with Crippen LogP contribution in [0.15, 0.2) is 12.1 Å². The first-order valence-electron chi connectivity index (χ1n) is 9.03. The zero-order valence-corrected chi connectivity index (χ0v) is 15.5. The van der Waals surface area contributed by atoms with Crippen molar-refractivity contribution in [3.8, 4) is 0 Å². The monoisotopic (exact) mass is 355 g/mol. The van der Waals surface area contributed by atoms with Crippen molar-refractivity contribution in [1.29, 1.82) is 0 Å². The molecule has 0 fully saturated rings. The third kappa shape index (κ3) is 5.76.